The van der Waals surface area contributed by atoms with Crippen LogP contribution in [0.2, 0.25) is 0 Å². The van der Waals surface area contributed by atoms with Gasteiger partial charge >= 0.3 is 0 Å². The van der Waals surface area contributed by atoms with E-state index < -0.39 is 0 Å². The van der Waals surface area contributed by atoms with Crippen molar-refractivity contribution in [3.8, 4) is 0 Å². The molecule has 1 heterocycles. The highest BCUT2D eigenvalue weighted by molar-refractivity contribution is 14.1. The molecule has 25 heavy (non-hydrogen) atoms. The average molecular weight is 449 g/mol. The lowest BCUT2D eigenvalue weighted by Crippen LogP contribution is -2.40. The summed E-state index contributed by atoms with van der Waals surface area (Å²) in [4.78, 5) is 26.3. The van der Waals surface area contributed by atoms with Crippen LogP contribution in [-0.4, -0.2) is 42.4 Å². The van der Waals surface area contributed by atoms with Crippen molar-refractivity contribution in [2.75, 3.05) is 25.0 Å². The van der Waals surface area contributed by atoms with Gasteiger partial charge in [0.15, 0.2) is 0 Å². The fourth-order valence-corrected chi connectivity index (χ4v) is 3.52. The maximum atomic E-state index is 12.3. The molecule has 0 saturated carbocycles. The molecule has 0 radical (unpaired) electrons. The van der Waals surface area contributed by atoms with Crippen molar-refractivity contribution in [1.82, 2.24) is 10.2 Å². The topological polar surface area (TPSA) is 61.4 Å². The number of carbonyl (C=O) groups is 2. The second kappa shape index (κ2) is 8.33. The zero-order chi connectivity index (χ0) is 17.6. The molecule has 1 unspecified atom stereocenters. The number of nitrogens with one attached hydrogen (secondary N) is 2. The zero-order valence-corrected chi connectivity index (χ0v) is 15.9. The van der Waals surface area contributed by atoms with E-state index in [9.17, 15) is 9.59 Å². The van der Waals surface area contributed by atoms with Crippen LogP contribution in [0, 0.1) is 3.57 Å². The van der Waals surface area contributed by atoms with Gasteiger partial charge in [0.2, 0.25) is 5.91 Å². The average Bonchev–Trinajstić information content (AvgIpc) is 3.09. The highest BCUT2D eigenvalue weighted by atomic mass is 127. The molecule has 6 heteroatoms. The number of carbonyl (C=O) groups excluding carboxylic acids is 2. The minimum atomic E-state index is -0.212. The SMILES string of the molecule is O=C(NCC(=O)N1CCC(Nc2ccccc2)C1)c1ccccc1I. The predicted octanol–water partition coefficient (Wildman–Crippen LogP) is 2.73. The lowest BCUT2D eigenvalue weighted by atomic mass is 10.2. The summed E-state index contributed by atoms with van der Waals surface area (Å²) < 4.78 is 0.873. The van der Waals surface area contributed by atoms with E-state index in [1.807, 2.05) is 48.5 Å². The normalized spacial score (nSPS) is 16.5. The third kappa shape index (κ3) is 4.72. The van der Waals surface area contributed by atoms with Crippen molar-refractivity contribution >= 4 is 40.1 Å². The predicted molar refractivity (Wildman–Crippen MR) is 107 cm³/mol. The number of anilines is 1. The molecule has 0 spiro atoms. The van der Waals surface area contributed by atoms with Gasteiger partial charge in [-0.2, -0.15) is 0 Å². The maximum Gasteiger partial charge on any atom is 0.252 e. The Hall–Kier alpha value is -2.09. The van der Waals surface area contributed by atoms with E-state index in [1.165, 1.54) is 0 Å². The minimum Gasteiger partial charge on any atom is -0.380 e. The van der Waals surface area contributed by atoms with Gasteiger partial charge in [0.1, 0.15) is 0 Å². The highest BCUT2D eigenvalue weighted by Gasteiger charge is 2.26. The molecule has 2 aromatic carbocycles. The molecule has 1 aliphatic heterocycles. The molecular formula is C19H20IN3O2. The second-order valence-corrected chi connectivity index (χ2v) is 7.16. The van der Waals surface area contributed by atoms with E-state index in [0.29, 0.717) is 18.7 Å². The molecule has 0 aliphatic carbocycles. The largest absolute Gasteiger partial charge is 0.380 e. The Morgan fingerprint density at radius 1 is 1.08 bits per heavy atom. The van der Waals surface area contributed by atoms with E-state index in [1.54, 1.807) is 11.0 Å². The van der Waals surface area contributed by atoms with Gasteiger partial charge in [0, 0.05) is 28.4 Å². The second-order valence-electron chi connectivity index (χ2n) is 6.00. The molecule has 3 rings (SSSR count). The number of para-hydroxylation sites is 1. The Bertz CT molecular complexity index is 751. The van der Waals surface area contributed by atoms with E-state index in [2.05, 4.69) is 33.2 Å². The van der Waals surface area contributed by atoms with Crippen molar-refractivity contribution in [3.63, 3.8) is 0 Å². The van der Waals surface area contributed by atoms with E-state index >= 15 is 0 Å². The number of hydrogen-bond donors (Lipinski definition) is 2. The van der Waals surface area contributed by atoms with Crippen LogP contribution < -0.4 is 10.6 Å². The monoisotopic (exact) mass is 449 g/mol. The summed E-state index contributed by atoms with van der Waals surface area (Å²) in [5.74, 6) is -0.256. The molecule has 1 atom stereocenters. The molecule has 5 nitrogen and oxygen atoms in total. The van der Waals surface area contributed by atoms with E-state index in [4.69, 9.17) is 0 Å². The molecule has 2 N–H and O–H groups in total. The van der Waals surface area contributed by atoms with E-state index in [0.717, 1.165) is 15.7 Å². The van der Waals surface area contributed by atoms with Gasteiger partial charge in [0.05, 0.1) is 12.1 Å². The summed E-state index contributed by atoms with van der Waals surface area (Å²) in [6, 6.07) is 17.6. The summed E-state index contributed by atoms with van der Waals surface area (Å²) in [7, 11) is 0. The van der Waals surface area contributed by atoms with Gasteiger partial charge in [-0.1, -0.05) is 30.3 Å². The van der Waals surface area contributed by atoms with Crippen molar-refractivity contribution < 1.29 is 9.59 Å². The number of rotatable bonds is 5. The van der Waals surface area contributed by atoms with Gasteiger partial charge in [-0.15, -0.1) is 0 Å². The molecular weight excluding hydrogens is 429 g/mol. The number of halogens is 1. The number of likely N-dealkylation sites (tertiary alicyclic amines) is 1. The Kier molecular flexibility index (Phi) is 5.91. The first-order chi connectivity index (χ1) is 12.1. The summed E-state index contributed by atoms with van der Waals surface area (Å²) >= 11 is 2.12. The Balaban J connectivity index is 1.48. The van der Waals surface area contributed by atoms with Gasteiger partial charge in [0.25, 0.3) is 5.91 Å². The lowest BCUT2D eigenvalue weighted by Gasteiger charge is -2.18. The third-order valence-electron chi connectivity index (χ3n) is 4.20. The van der Waals surface area contributed by atoms with Gasteiger partial charge in [-0.3, -0.25) is 9.59 Å². The molecule has 1 aliphatic rings. The number of amides is 2. The van der Waals surface area contributed by atoms with Crippen molar-refractivity contribution in [3.05, 3.63) is 63.7 Å². The first kappa shape index (κ1) is 17.7. The first-order valence-electron chi connectivity index (χ1n) is 8.25. The van der Waals surface area contributed by atoms with Crippen molar-refractivity contribution in [1.29, 1.82) is 0 Å². The van der Waals surface area contributed by atoms with Crippen LogP contribution in [0.4, 0.5) is 5.69 Å². The first-order valence-corrected chi connectivity index (χ1v) is 9.33. The Labute approximate surface area is 160 Å². The molecule has 0 bridgehead atoms. The summed E-state index contributed by atoms with van der Waals surface area (Å²) in [5.41, 5.74) is 1.66. The van der Waals surface area contributed by atoms with Gasteiger partial charge in [-0.25, -0.2) is 0 Å². The zero-order valence-electron chi connectivity index (χ0n) is 13.7. The summed E-state index contributed by atoms with van der Waals surface area (Å²) in [6.45, 7) is 1.40. The molecule has 2 aromatic rings. The molecule has 130 valence electrons. The van der Waals surface area contributed by atoms with Crippen molar-refractivity contribution in [2.45, 2.75) is 12.5 Å². The standard InChI is InChI=1S/C19H20IN3O2/c20-17-9-5-4-8-16(17)19(25)21-12-18(24)23-11-10-15(13-23)22-14-6-2-1-3-7-14/h1-9,15,22H,10-13H2,(H,21,25). The van der Waals surface area contributed by atoms with E-state index in [-0.39, 0.29) is 24.4 Å². The van der Waals surface area contributed by atoms with Crippen LogP contribution in [0.5, 0.6) is 0 Å². The summed E-state index contributed by atoms with van der Waals surface area (Å²) in [6.07, 6.45) is 0.908. The van der Waals surface area contributed by atoms with Gasteiger partial charge < -0.3 is 15.5 Å². The molecule has 2 amide bonds. The van der Waals surface area contributed by atoms with Crippen LogP contribution in [0.25, 0.3) is 0 Å². The quantitative estimate of drug-likeness (QED) is 0.691. The minimum absolute atomic E-state index is 0.0296. The number of nitrogens with zero attached hydrogens (tertiary/aromatic N) is 1. The van der Waals surface area contributed by atoms with Crippen LogP contribution in [-0.2, 0) is 4.79 Å². The molecule has 0 aromatic heterocycles. The van der Waals surface area contributed by atoms with Crippen LogP contribution in [0.1, 0.15) is 16.8 Å². The summed E-state index contributed by atoms with van der Waals surface area (Å²) in [5, 5.41) is 6.17. The highest BCUT2D eigenvalue weighted by Crippen LogP contribution is 2.16. The van der Waals surface area contributed by atoms with Gasteiger partial charge in [-0.05, 0) is 53.3 Å². The van der Waals surface area contributed by atoms with Crippen LogP contribution in [0.3, 0.4) is 0 Å². The van der Waals surface area contributed by atoms with Crippen molar-refractivity contribution in [2.24, 2.45) is 0 Å². The number of hydrogen-bond acceptors (Lipinski definition) is 3. The maximum absolute atomic E-state index is 12.3. The molecule has 1 fully saturated rings. The van der Waals surface area contributed by atoms with Crippen LogP contribution >= 0.6 is 22.6 Å². The number of benzene rings is 2. The third-order valence-corrected chi connectivity index (χ3v) is 5.14. The fraction of sp³-hybridized carbons (Fsp3) is 0.263. The lowest BCUT2D eigenvalue weighted by molar-refractivity contribution is -0.129. The Morgan fingerprint density at radius 2 is 1.80 bits per heavy atom. The molecule has 1 saturated heterocycles. The Morgan fingerprint density at radius 3 is 2.56 bits per heavy atom. The van der Waals surface area contributed by atoms with Crippen LogP contribution in [0.15, 0.2) is 54.6 Å². The smallest absolute Gasteiger partial charge is 0.252 e. The fourth-order valence-electron chi connectivity index (χ4n) is 2.88.